The van der Waals surface area contributed by atoms with Gasteiger partial charge in [-0.25, -0.2) is 4.39 Å². The second-order valence-electron chi connectivity index (χ2n) is 4.48. The second kappa shape index (κ2) is 10.9. The average Bonchev–Trinajstić information content (AvgIpc) is 2.43. The van der Waals surface area contributed by atoms with Gasteiger partial charge in [-0.2, -0.15) is 0 Å². The second-order valence-corrected chi connectivity index (χ2v) is 4.48. The minimum Gasteiger partial charge on any atom is -0.383 e. The Kier molecular flexibility index (Phi) is 10.1. The molecule has 0 spiro atoms. The molecule has 2 N–H and O–H groups in total. The summed E-state index contributed by atoms with van der Waals surface area (Å²) in [6.45, 7) is 1.11. The van der Waals surface area contributed by atoms with Crippen molar-refractivity contribution in [3.63, 3.8) is 0 Å². The van der Waals surface area contributed by atoms with Gasteiger partial charge in [-0.05, 0) is 18.2 Å². The van der Waals surface area contributed by atoms with Crippen molar-refractivity contribution in [3.05, 3.63) is 30.1 Å². The molecule has 8 heteroatoms. The Morgan fingerprint density at radius 1 is 1.36 bits per heavy atom. The number of ether oxygens (including phenoxy) is 1. The molecule has 0 heterocycles. The lowest BCUT2D eigenvalue weighted by Crippen LogP contribution is -2.40. The number of rotatable bonds is 8. The van der Waals surface area contributed by atoms with Gasteiger partial charge in [0, 0.05) is 26.4 Å². The quantitative estimate of drug-likeness (QED) is 0.693. The molecule has 0 radical (unpaired) electrons. The van der Waals surface area contributed by atoms with Crippen LogP contribution in [-0.4, -0.2) is 57.1 Å². The van der Waals surface area contributed by atoms with Gasteiger partial charge >= 0.3 is 0 Å². The molecular formula is C14H21ClFN3O3. The highest BCUT2D eigenvalue weighted by Gasteiger charge is 2.12. The van der Waals surface area contributed by atoms with E-state index in [1.54, 1.807) is 13.2 Å². The summed E-state index contributed by atoms with van der Waals surface area (Å²) in [5.74, 6) is -1.02. The first-order valence-corrected chi connectivity index (χ1v) is 6.52. The zero-order valence-electron chi connectivity index (χ0n) is 12.6. The number of carbonyl (C=O) groups excluding carboxylic acids is 2. The molecule has 0 aliphatic heterocycles. The predicted octanol–water partition coefficient (Wildman–Crippen LogP) is 0.880. The van der Waals surface area contributed by atoms with E-state index in [0.29, 0.717) is 18.8 Å². The number of methoxy groups -OCH3 is 1. The minimum atomic E-state index is -0.431. The van der Waals surface area contributed by atoms with Gasteiger partial charge in [-0.3, -0.25) is 9.59 Å². The van der Waals surface area contributed by atoms with Crippen LogP contribution in [0.2, 0.25) is 0 Å². The summed E-state index contributed by atoms with van der Waals surface area (Å²) >= 11 is 0. The van der Waals surface area contributed by atoms with Crippen molar-refractivity contribution in [3.8, 4) is 0 Å². The van der Waals surface area contributed by atoms with Gasteiger partial charge in [0.1, 0.15) is 5.82 Å². The molecule has 6 nitrogen and oxygen atoms in total. The molecule has 0 unspecified atom stereocenters. The van der Waals surface area contributed by atoms with Gasteiger partial charge < -0.3 is 20.3 Å². The summed E-state index contributed by atoms with van der Waals surface area (Å²) in [5.41, 5.74) is 0.360. The van der Waals surface area contributed by atoms with Crippen LogP contribution < -0.4 is 10.6 Å². The topological polar surface area (TPSA) is 70.7 Å². The lowest BCUT2D eigenvalue weighted by atomic mass is 10.3. The number of amides is 2. The maximum absolute atomic E-state index is 13.0. The molecule has 0 saturated carbocycles. The highest BCUT2D eigenvalue weighted by molar-refractivity contribution is 5.94. The average molecular weight is 334 g/mol. The lowest BCUT2D eigenvalue weighted by molar-refractivity contribution is -0.132. The fraction of sp³-hybridized carbons (Fsp3) is 0.429. The maximum Gasteiger partial charge on any atom is 0.243 e. The lowest BCUT2D eigenvalue weighted by Gasteiger charge is -2.17. The SMILES string of the molecule is COCCNCC(=O)N(C)CC(=O)Nc1cccc(F)c1.Cl. The Hall–Kier alpha value is -1.70. The van der Waals surface area contributed by atoms with Crippen molar-refractivity contribution >= 4 is 29.9 Å². The summed E-state index contributed by atoms with van der Waals surface area (Å²) in [7, 11) is 3.11. The number of halogens is 2. The largest absolute Gasteiger partial charge is 0.383 e. The Morgan fingerprint density at radius 3 is 2.73 bits per heavy atom. The third kappa shape index (κ3) is 7.92. The highest BCUT2D eigenvalue weighted by atomic mass is 35.5. The molecule has 124 valence electrons. The van der Waals surface area contributed by atoms with Gasteiger partial charge in [0.05, 0.1) is 19.7 Å². The molecule has 1 rings (SSSR count). The monoisotopic (exact) mass is 333 g/mol. The molecule has 0 bridgehead atoms. The maximum atomic E-state index is 13.0. The molecule has 1 aromatic carbocycles. The first-order valence-electron chi connectivity index (χ1n) is 6.52. The van der Waals surface area contributed by atoms with Crippen LogP contribution in [0.15, 0.2) is 24.3 Å². The van der Waals surface area contributed by atoms with E-state index in [2.05, 4.69) is 10.6 Å². The van der Waals surface area contributed by atoms with Gasteiger partial charge in [-0.1, -0.05) is 6.07 Å². The van der Waals surface area contributed by atoms with Crippen LogP contribution in [0.3, 0.4) is 0 Å². The number of hydrogen-bond acceptors (Lipinski definition) is 4. The molecule has 0 aromatic heterocycles. The Morgan fingerprint density at radius 2 is 2.09 bits per heavy atom. The first-order chi connectivity index (χ1) is 10.0. The number of likely N-dealkylation sites (N-methyl/N-ethyl adjacent to an activating group) is 1. The summed E-state index contributed by atoms with van der Waals surface area (Å²) < 4.78 is 17.8. The minimum absolute atomic E-state index is 0. The fourth-order valence-corrected chi connectivity index (χ4v) is 1.57. The van der Waals surface area contributed by atoms with E-state index in [1.807, 2.05) is 0 Å². The molecule has 0 aliphatic carbocycles. The van der Waals surface area contributed by atoms with Crippen LogP contribution in [0.4, 0.5) is 10.1 Å². The van der Waals surface area contributed by atoms with Gasteiger partial charge in [-0.15, -0.1) is 12.4 Å². The van der Waals surface area contributed by atoms with E-state index in [0.717, 1.165) is 0 Å². The van der Waals surface area contributed by atoms with E-state index in [9.17, 15) is 14.0 Å². The third-order valence-electron chi connectivity index (χ3n) is 2.67. The van der Waals surface area contributed by atoms with E-state index < -0.39 is 5.82 Å². The van der Waals surface area contributed by atoms with Crippen LogP contribution in [-0.2, 0) is 14.3 Å². The summed E-state index contributed by atoms with van der Waals surface area (Å²) in [5, 5.41) is 5.43. The molecular weight excluding hydrogens is 313 g/mol. The zero-order chi connectivity index (χ0) is 15.7. The van der Waals surface area contributed by atoms with E-state index >= 15 is 0 Å². The van der Waals surface area contributed by atoms with Crippen molar-refractivity contribution in [2.75, 3.05) is 45.7 Å². The molecule has 0 atom stereocenters. The standard InChI is InChI=1S/C14H20FN3O3.ClH/c1-18(14(20)9-16-6-7-21-2)10-13(19)17-12-5-3-4-11(15)8-12;/h3-5,8,16H,6-7,9-10H2,1-2H3,(H,17,19);1H. The van der Waals surface area contributed by atoms with Crippen LogP contribution in [0.1, 0.15) is 0 Å². The van der Waals surface area contributed by atoms with Crippen LogP contribution in [0.25, 0.3) is 0 Å². The zero-order valence-corrected chi connectivity index (χ0v) is 13.4. The van der Waals surface area contributed by atoms with Crippen molar-refractivity contribution in [2.24, 2.45) is 0 Å². The first kappa shape index (κ1) is 20.3. The van der Waals surface area contributed by atoms with Gasteiger partial charge in [0.15, 0.2) is 0 Å². The van der Waals surface area contributed by atoms with Gasteiger partial charge in [0.25, 0.3) is 0 Å². The molecule has 1 aromatic rings. The van der Waals surface area contributed by atoms with Crippen molar-refractivity contribution in [1.82, 2.24) is 10.2 Å². The van der Waals surface area contributed by atoms with E-state index in [-0.39, 0.29) is 37.3 Å². The Bertz CT molecular complexity index is 488. The summed E-state index contributed by atoms with van der Waals surface area (Å²) in [4.78, 5) is 24.8. The number of hydrogen-bond donors (Lipinski definition) is 2. The third-order valence-corrected chi connectivity index (χ3v) is 2.67. The molecule has 0 saturated heterocycles. The van der Waals surface area contributed by atoms with Gasteiger partial charge in [0.2, 0.25) is 11.8 Å². The number of anilines is 1. The Labute approximate surface area is 135 Å². The smallest absolute Gasteiger partial charge is 0.243 e. The molecule has 2 amide bonds. The molecule has 0 aliphatic rings. The number of carbonyl (C=O) groups is 2. The number of benzene rings is 1. The van der Waals surface area contributed by atoms with Crippen molar-refractivity contribution < 1.29 is 18.7 Å². The number of nitrogens with zero attached hydrogens (tertiary/aromatic N) is 1. The molecule has 22 heavy (non-hydrogen) atoms. The summed E-state index contributed by atoms with van der Waals surface area (Å²) in [6.07, 6.45) is 0. The van der Waals surface area contributed by atoms with Crippen LogP contribution >= 0.6 is 12.4 Å². The fourth-order valence-electron chi connectivity index (χ4n) is 1.57. The predicted molar refractivity (Wildman–Crippen MR) is 84.7 cm³/mol. The molecule has 0 fully saturated rings. The van der Waals surface area contributed by atoms with Crippen LogP contribution in [0, 0.1) is 5.82 Å². The highest BCUT2D eigenvalue weighted by Crippen LogP contribution is 2.08. The Balaban J connectivity index is 0.00000441. The summed E-state index contributed by atoms with van der Waals surface area (Å²) in [6, 6.07) is 5.58. The number of nitrogens with one attached hydrogen (secondary N) is 2. The van der Waals surface area contributed by atoms with E-state index in [4.69, 9.17) is 4.74 Å². The normalized spacial score (nSPS) is 9.77. The van der Waals surface area contributed by atoms with Crippen molar-refractivity contribution in [2.45, 2.75) is 0 Å². The van der Waals surface area contributed by atoms with Crippen molar-refractivity contribution in [1.29, 1.82) is 0 Å². The van der Waals surface area contributed by atoms with E-state index in [1.165, 1.54) is 30.1 Å². The van der Waals surface area contributed by atoms with Crippen LogP contribution in [0.5, 0.6) is 0 Å².